The van der Waals surface area contributed by atoms with Gasteiger partial charge >= 0.3 is 0 Å². The molecule has 1 aliphatic heterocycles. The Morgan fingerprint density at radius 3 is 2.75 bits per heavy atom. The van der Waals surface area contributed by atoms with Gasteiger partial charge in [0.05, 0.1) is 18.0 Å². The molecule has 2 rings (SSSR count). The van der Waals surface area contributed by atoms with Crippen LogP contribution in [-0.2, 0) is 21.4 Å². The van der Waals surface area contributed by atoms with Crippen LogP contribution in [0.2, 0.25) is 5.02 Å². The van der Waals surface area contributed by atoms with Gasteiger partial charge < -0.3 is 10.0 Å². The molecule has 0 radical (unpaired) electrons. The molecule has 3 N–H and O–H groups in total. The van der Waals surface area contributed by atoms with E-state index < -0.39 is 10.0 Å². The molecule has 0 spiro atoms. The fraction of sp³-hybridized carbons (Fsp3) is 0.417. The van der Waals surface area contributed by atoms with Crippen molar-refractivity contribution in [1.82, 2.24) is 0 Å². The lowest BCUT2D eigenvalue weighted by Gasteiger charge is -2.20. The summed E-state index contributed by atoms with van der Waals surface area (Å²) < 4.78 is 22.2. The summed E-state index contributed by atoms with van der Waals surface area (Å²) >= 11 is 5.91. The van der Waals surface area contributed by atoms with Crippen LogP contribution in [0.3, 0.4) is 0 Å². The molecule has 1 saturated heterocycles. The molecular formula is C12H15ClN2O4S. The van der Waals surface area contributed by atoms with Gasteiger partial charge in [0, 0.05) is 29.5 Å². The van der Waals surface area contributed by atoms with E-state index in [0.717, 1.165) is 0 Å². The number of hydrogen-bond acceptors (Lipinski definition) is 4. The summed E-state index contributed by atoms with van der Waals surface area (Å²) in [6.07, 6.45) is 0.119. The highest BCUT2D eigenvalue weighted by molar-refractivity contribution is 7.89. The smallest absolute Gasteiger partial charge is 0.227 e. The maximum atomic E-state index is 12.0. The summed E-state index contributed by atoms with van der Waals surface area (Å²) in [5, 5.41) is 14.8. The molecule has 8 heteroatoms. The van der Waals surface area contributed by atoms with Crippen LogP contribution in [0, 0.1) is 5.92 Å². The van der Waals surface area contributed by atoms with E-state index in [1.165, 1.54) is 4.90 Å². The summed E-state index contributed by atoms with van der Waals surface area (Å²) in [7, 11) is -3.61. The molecule has 0 aromatic heterocycles. The monoisotopic (exact) mass is 318 g/mol. The SMILES string of the molecule is NS(=O)(=O)CC1CC(=O)N(c2cc(Cl)ccc2CO)C1. The third-order valence-corrected chi connectivity index (χ3v) is 4.35. The predicted molar refractivity (Wildman–Crippen MR) is 75.8 cm³/mol. The second kappa shape index (κ2) is 5.69. The van der Waals surface area contributed by atoms with Crippen molar-refractivity contribution >= 4 is 33.2 Å². The number of carbonyl (C=O) groups excluding carboxylic acids is 1. The van der Waals surface area contributed by atoms with Crippen molar-refractivity contribution in [3.8, 4) is 0 Å². The maximum absolute atomic E-state index is 12.0. The van der Waals surface area contributed by atoms with E-state index in [2.05, 4.69) is 0 Å². The Morgan fingerprint density at radius 2 is 2.15 bits per heavy atom. The van der Waals surface area contributed by atoms with Gasteiger partial charge in [0.25, 0.3) is 0 Å². The molecule has 0 aliphatic carbocycles. The van der Waals surface area contributed by atoms with Gasteiger partial charge in [-0.05, 0) is 12.1 Å². The molecule has 1 atom stereocenters. The molecule has 110 valence electrons. The van der Waals surface area contributed by atoms with Gasteiger partial charge in [-0.15, -0.1) is 0 Å². The first-order valence-corrected chi connectivity index (χ1v) is 8.09. The fourth-order valence-corrected chi connectivity index (χ4v) is 3.42. The zero-order valence-electron chi connectivity index (χ0n) is 10.6. The van der Waals surface area contributed by atoms with Crippen LogP contribution in [0.25, 0.3) is 0 Å². The van der Waals surface area contributed by atoms with Gasteiger partial charge in [-0.25, -0.2) is 13.6 Å². The van der Waals surface area contributed by atoms with Crippen molar-refractivity contribution in [3.63, 3.8) is 0 Å². The molecular weight excluding hydrogens is 304 g/mol. The lowest BCUT2D eigenvalue weighted by molar-refractivity contribution is -0.117. The number of anilines is 1. The summed E-state index contributed by atoms with van der Waals surface area (Å²) in [4.78, 5) is 13.5. The van der Waals surface area contributed by atoms with E-state index in [1.807, 2.05) is 0 Å². The summed E-state index contributed by atoms with van der Waals surface area (Å²) in [6, 6.07) is 4.85. The first kappa shape index (κ1) is 15.2. The zero-order valence-corrected chi connectivity index (χ0v) is 12.2. The molecule has 1 heterocycles. The average Bonchev–Trinajstić information content (AvgIpc) is 2.67. The first-order chi connectivity index (χ1) is 9.30. The second-order valence-electron chi connectivity index (χ2n) is 4.84. The van der Waals surface area contributed by atoms with Crippen LogP contribution in [0.5, 0.6) is 0 Å². The number of amides is 1. The maximum Gasteiger partial charge on any atom is 0.227 e. The average molecular weight is 319 g/mol. The molecule has 1 aromatic carbocycles. The zero-order chi connectivity index (χ0) is 14.9. The van der Waals surface area contributed by atoms with Crippen LogP contribution >= 0.6 is 11.6 Å². The van der Waals surface area contributed by atoms with E-state index >= 15 is 0 Å². The predicted octanol–water partition coefficient (Wildman–Crippen LogP) is 0.474. The van der Waals surface area contributed by atoms with E-state index in [-0.39, 0.29) is 37.2 Å². The van der Waals surface area contributed by atoms with Gasteiger partial charge in [-0.3, -0.25) is 4.79 Å². The van der Waals surface area contributed by atoms with Crippen LogP contribution in [-0.4, -0.2) is 31.7 Å². The highest BCUT2D eigenvalue weighted by Gasteiger charge is 2.33. The minimum absolute atomic E-state index is 0.119. The van der Waals surface area contributed by atoms with Crippen LogP contribution in [0.15, 0.2) is 18.2 Å². The standard InChI is InChI=1S/C12H15ClN2O4S/c13-10-2-1-9(6-16)11(4-10)15-5-8(3-12(15)17)7-20(14,18)19/h1-2,4,8,16H,3,5-7H2,(H2,14,18,19). The summed E-state index contributed by atoms with van der Waals surface area (Å²) in [5.74, 6) is -0.775. The van der Waals surface area contributed by atoms with Crippen molar-refractivity contribution in [3.05, 3.63) is 28.8 Å². The Balaban J connectivity index is 2.26. The summed E-state index contributed by atoms with van der Waals surface area (Å²) in [5.41, 5.74) is 1.08. The third-order valence-electron chi connectivity index (χ3n) is 3.18. The number of rotatable bonds is 4. The number of primary sulfonamides is 1. The Labute approximate surface area is 122 Å². The van der Waals surface area contributed by atoms with Crippen molar-refractivity contribution in [2.45, 2.75) is 13.0 Å². The van der Waals surface area contributed by atoms with Crippen molar-refractivity contribution in [2.24, 2.45) is 11.1 Å². The number of nitrogens with two attached hydrogens (primary N) is 1. The Morgan fingerprint density at radius 1 is 1.45 bits per heavy atom. The lowest BCUT2D eigenvalue weighted by atomic mass is 10.1. The number of aliphatic hydroxyl groups is 1. The van der Waals surface area contributed by atoms with Gasteiger partial charge in [-0.2, -0.15) is 0 Å². The van der Waals surface area contributed by atoms with Crippen molar-refractivity contribution in [2.75, 3.05) is 17.2 Å². The molecule has 1 fully saturated rings. The topological polar surface area (TPSA) is 101 Å². The lowest BCUT2D eigenvalue weighted by Crippen LogP contribution is -2.28. The van der Waals surface area contributed by atoms with Crippen LogP contribution in [0.1, 0.15) is 12.0 Å². The minimum atomic E-state index is -3.61. The number of nitrogens with zero attached hydrogens (tertiary/aromatic N) is 1. The molecule has 6 nitrogen and oxygen atoms in total. The van der Waals surface area contributed by atoms with Crippen molar-refractivity contribution < 1.29 is 18.3 Å². The highest BCUT2D eigenvalue weighted by atomic mass is 35.5. The number of sulfonamides is 1. The van der Waals surface area contributed by atoms with Gasteiger partial charge in [-0.1, -0.05) is 17.7 Å². The first-order valence-electron chi connectivity index (χ1n) is 6.00. The molecule has 20 heavy (non-hydrogen) atoms. The van der Waals surface area contributed by atoms with Crippen molar-refractivity contribution in [1.29, 1.82) is 0 Å². The fourth-order valence-electron chi connectivity index (χ4n) is 2.38. The highest BCUT2D eigenvalue weighted by Crippen LogP contribution is 2.31. The number of halogens is 1. The third kappa shape index (κ3) is 3.49. The van der Waals surface area contributed by atoms with Gasteiger partial charge in [0.15, 0.2) is 0 Å². The quantitative estimate of drug-likeness (QED) is 0.842. The molecule has 0 bridgehead atoms. The Hall–Kier alpha value is -1.15. The molecule has 1 aliphatic rings. The van der Waals surface area contributed by atoms with Crippen LogP contribution < -0.4 is 10.0 Å². The minimum Gasteiger partial charge on any atom is -0.392 e. The van der Waals surface area contributed by atoms with E-state index in [0.29, 0.717) is 16.3 Å². The molecule has 0 saturated carbocycles. The van der Waals surface area contributed by atoms with Gasteiger partial charge in [0.1, 0.15) is 0 Å². The second-order valence-corrected chi connectivity index (χ2v) is 6.93. The largest absolute Gasteiger partial charge is 0.392 e. The number of aliphatic hydroxyl groups excluding tert-OH is 1. The van der Waals surface area contributed by atoms with E-state index in [1.54, 1.807) is 18.2 Å². The molecule has 1 unspecified atom stereocenters. The normalized spacial score (nSPS) is 19.6. The van der Waals surface area contributed by atoms with Crippen LogP contribution in [0.4, 0.5) is 5.69 Å². The molecule has 1 amide bonds. The Bertz CT molecular complexity index is 632. The number of hydrogen-bond donors (Lipinski definition) is 2. The number of carbonyl (C=O) groups is 1. The number of benzene rings is 1. The van der Waals surface area contributed by atoms with Gasteiger partial charge in [0.2, 0.25) is 15.9 Å². The Kier molecular flexibility index (Phi) is 4.33. The van der Waals surface area contributed by atoms with E-state index in [9.17, 15) is 18.3 Å². The van der Waals surface area contributed by atoms with E-state index in [4.69, 9.17) is 16.7 Å². The summed E-state index contributed by atoms with van der Waals surface area (Å²) in [6.45, 7) is 0.0265. The molecule has 1 aromatic rings.